The summed E-state index contributed by atoms with van der Waals surface area (Å²) in [5.41, 5.74) is -0.0312. The van der Waals surface area contributed by atoms with E-state index in [2.05, 4.69) is 64.1 Å². The van der Waals surface area contributed by atoms with Gasteiger partial charge in [0.25, 0.3) is 0 Å². The van der Waals surface area contributed by atoms with Gasteiger partial charge in [0.15, 0.2) is 0 Å². The lowest BCUT2D eigenvalue weighted by molar-refractivity contribution is -0.102. The quantitative estimate of drug-likeness (QED) is 0.514. The molecule has 0 fully saturated rings. The van der Waals surface area contributed by atoms with E-state index in [1.54, 1.807) is 0 Å². The summed E-state index contributed by atoms with van der Waals surface area (Å²) < 4.78 is 6.53. The molecule has 0 bridgehead atoms. The maximum Gasteiger partial charge on any atom is 0.106 e. The number of aliphatic hydroxyl groups is 1. The third-order valence-electron chi connectivity index (χ3n) is 0.960. The van der Waals surface area contributed by atoms with E-state index in [0.29, 0.717) is 0 Å². The molecule has 0 aliphatic rings. The molecule has 0 saturated carbocycles. The monoisotopic (exact) mass is 442 g/mol. The SMILES string of the molecule is CC(C)(C)OC(C)(C)C.OC(I)CCI. The molecule has 0 rings (SSSR count). The Morgan fingerprint density at radius 1 is 1.07 bits per heavy atom. The fourth-order valence-corrected chi connectivity index (χ4v) is 3.10. The summed E-state index contributed by atoms with van der Waals surface area (Å²) in [4.78, 5) is 0. The molecule has 94 valence electrons. The molecule has 0 saturated heterocycles. The first-order chi connectivity index (χ1) is 6.48. The number of halogens is 2. The number of ether oxygens (including phenoxy) is 1. The van der Waals surface area contributed by atoms with Gasteiger partial charge in [-0.05, 0) is 48.0 Å². The highest BCUT2D eigenvalue weighted by Gasteiger charge is 2.19. The van der Waals surface area contributed by atoms with Gasteiger partial charge in [-0.1, -0.05) is 45.2 Å². The average molecular weight is 442 g/mol. The Hall–Kier alpha value is 1.38. The molecular formula is C11H24I2O2. The second kappa shape index (κ2) is 8.47. The lowest BCUT2D eigenvalue weighted by atomic mass is 10.1. The summed E-state index contributed by atoms with van der Waals surface area (Å²) >= 11 is 4.23. The maximum absolute atomic E-state index is 8.53. The third-order valence-corrected chi connectivity index (χ3v) is 2.21. The second-order valence-electron chi connectivity index (χ2n) is 5.24. The minimum atomic E-state index is -0.139. The van der Waals surface area contributed by atoms with Crippen molar-refractivity contribution < 1.29 is 9.84 Å². The first-order valence-corrected chi connectivity index (χ1v) is 7.83. The predicted octanol–water partition coefficient (Wildman–Crippen LogP) is 4.16. The van der Waals surface area contributed by atoms with Crippen molar-refractivity contribution in [3.63, 3.8) is 0 Å². The van der Waals surface area contributed by atoms with Crippen molar-refractivity contribution in [2.75, 3.05) is 4.43 Å². The molecule has 0 spiro atoms. The second-order valence-corrected chi connectivity index (χ2v) is 7.76. The van der Waals surface area contributed by atoms with Crippen molar-refractivity contribution in [2.45, 2.75) is 63.3 Å². The molecule has 1 N–H and O–H groups in total. The zero-order chi connectivity index (χ0) is 12.7. The lowest BCUT2D eigenvalue weighted by Crippen LogP contribution is -2.31. The van der Waals surface area contributed by atoms with Gasteiger partial charge in [0.05, 0.1) is 11.2 Å². The van der Waals surface area contributed by atoms with Crippen LogP contribution in [0.5, 0.6) is 0 Å². The largest absolute Gasteiger partial charge is 0.383 e. The van der Waals surface area contributed by atoms with Crippen LogP contribution in [0.4, 0.5) is 0 Å². The number of aliphatic hydroxyl groups excluding tert-OH is 1. The smallest absolute Gasteiger partial charge is 0.106 e. The maximum atomic E-state index is 8.53. The summed E-state index contributed by atoms with van der Waals surface area (Å²) in [6.07, 6.45) is 0.904. The van der Waals surface area contributed by atoms with Crippen molar-refractivity contribution in [1.82, 2.24) is 0 Å². The Morgan fingerprint density at radius 2 is 1.40 bits per heavy atom. The van der Waals surface area contributed by atoms with Crippen LogP contribution in [0, 0.1) is 0 Å². The van der Waals surface area contributed by atoms with Crippen LogP contribution in [0.2, 0.25) is 0 Å². The van der Waals surface area contributed by atoms with Gasteiger partial charge in [-0.2, -0.15) is 0 Å². The number of hydrogen-bond acceptors (Lipinski definition) is 2. The summed E-state index contributed by atoms with van der Waals surface area (Å²) in [6, 6.07) is 0. The highest BCUT2D eigenvalue weighted by Crippen LogP contribution is 2.17. The summed E-state index contributed by atoms with van der Waals surface area (Å²) in [5.74, 6) is 0. The van der Waals surface area contributed by atoms with E-state index in [4.69, 9.17) is 9.84 Å². The van der Waals surface area contributed by atoms with Crippen molar-refractivity contribution in [2.24, 2.45) is 0 Å². The molecule has 4 heteroatoms. The Morgan fingerprint density at radius 3 is 1.40 bits per heavy atom. The van der Waals surface area contributed by atoms with Crippen molar-refractivity contribution in [1.29, 1.82) is 0 Å². The molecule has 0 aliphatic heterocycles. The Bertz CT molecular complexity index is 134. The third kappa shape index (κ3) is 25.6. The van der Waals surface area contributed by atoms with E-state index in [-0.39, 0.29) is 15.3 Å². The lowest BCUT2D eigenvalue weighted by Gasteiger charge is -2.30. The molecular weight excluding hydrogens is 418 g/mol. The van der Waals surface area contributed by atoms with Gasteiger partial charge in [0, 0.05) is 4.43 Å². The first kappa shape index (κ1) is 18.7. The standard InChI is InChI=1S/C8H18O.C3H6I2O/c1-7(2,3)9-8(4,5)6;4-2-1-3(5)6/h1-6H3;3,6H,1-2H2. The van der Waals surface area contributed by atoms with Crippen LogP contribution in [0.15, 0.2) is 0 Å². The molecule has 2 nitrogen and oxygen atoms in total. The van der Waals surface area contributed by atoms with E-state index < -0.39 is 0 Å². The minimum absolute atomic E-state index is 0.0156. The number of hydrogen-bond donors (Lipinski definition) is 1. The fraction of sp³-hybridized carbons (Fsp3) is 1.00. The number of rotatable bonds is 2. The average Bonchev–Trinajstić information content (AvgIpc) is 1.77. The molecule has 0 aromatic carbocycles. The van der Waals surface area contributed by atoms with Crippen molar-refractivity contribution in [3.8, 4) is 0 Å². The predicted molar refractivity (Wildman–Crippen MR) is 84.1 cm³/mol. The summed E-state index contributed by atoms with van der Waals surface area (Å²) in [7, 11) is 0. The molecule has 1 unspecified atom stereocenters. The van der Waals surface area contributed by atoms with Crippen LogP contribution < -0.4 is 0 Å². The van der Waals surface area contributed by atoms with Crippen LogP contribution in [0.3, 0.4) is 0 Å². The topological polar surface area (TPSA) is 29.5 Å². The van der Waals surface area contributed by atoms with Crippen LogP contribution >= 0.6 is 45.2 Å². The van der Waals surface area contributed by atoms with E-state index in [1.807, 2.05) is 22.6 Å². The Kier molecular flexibility index (Phi) is 10.6. The van der Waals surface area contributed by atoms with Crippen LogP contribution in [0.1, 0.15) is 48.0 Å². The van der Waals surface area contributed by atoms with Gasteiger partial charge in [-0.15, -0.1) is 0 Å². The zero-order valence-corrected chi connectivity index (χ0v) is 14.9. The van der Waals surface area contributed by atoms with Crippen molar-refractivity contribution in [3.05, 3.63) is 0 Å². The molecule has 0 aromatic heterocycles. The first-order valence-electron chi connectivity index (χ1n) is 5.06. The minimum Gasteiger partial charge on any atom is -0.383 e. The van der Waals surface area contributed by atoms with Crippen LogP contribution in [-0.4, -0.2) is 24.8 Å². The summed E-state index contributed by atoms with van der Waals surface area (Å²) in [6.45, 7) is 12.4. The highest BCUT2D eigenvalue weighted by atomic mass is 127. The van der Waals surface area contributed by atoms with Crippen LogP contribution in [0.25, 0.3) is 0 Å². The van der Waals surface area contributed by atoms with Gasteiger partial charge in [0.2, 0.25) is 0 Å². The number of alkyl halides is 2. The molecule has 1 atom stereocenters. The van der Waals surface area contributed by atoms with Gasteiger partial charge < -0.3 is 9.84 Å². The molecule has 0 heterocycles. The molecule has 15 heavy (non-hydrogen) atoms. The Balaban J connectivity index is 0. The molecule has 0 radical (unpaired) electrons. The fourth-order valence-electron chi connectivity index (χ4n) is 1.01. The Labute approximate surface area is 122 Å². The van der Waals surface area contributed by atoms with E-state index in [9.17, 15) is 0 Å². The van der Waals surface area contributed by atoms with Crippen molar-refractivity contribution >= 4 is 45.2 Å². The molecule has 0 aliphatic carbocycles. The van der Waals surface area contributed by atoms with E-state index in [0.717, 1.165) is 10.8 Å². The summed E-state index contributed by atoms with van der Waals surface area (Å²) in [5, 5.41) is 8.53. The van der Waals surface area contributed by atoms with Gasteiger partial charge in [0.1, 0.15) is 4.11 Å². The van der Waals surface area contributed by atoms with E-state index >= 15 is 0 Å². The molecule has 0 aromatic rings. The highest BCUT2D eigenvalue weighted by molar-refractivity contribution is 14.1. The van der Waals surface area contributed by atoms with E-state index in [1.165, 1.54) is 0 Å². The zero-order valence-electron chi connectivity index (χ0n) is 10.6. The van der Waals surface area contributed by atoms with Gasteiger partial charge >= 0.3 is 0 Å². The normalized spacial score (nSPS) is 14.2. The molecule has 0 amide bonds. The van der Waals surface area contributed by atoms with Gasteiger partial charge in [-0.3, -0.25) is 0 Å². The van der Waals surface area contributed by atoms with Gasteiger partial charge in [-0.25, -0.2) is 0 Å². The van der Waals surface area contributed by atoms with Crippen LogP contribution in [-0.2, 0) is 4.74 Å².